The van der Waals surface area contributed by atoms with Gasteiger partial charge in [0.1, 0.15) is 41.3 Å². The van der Waals surface area contributed by atoms with Gasteiger partial charge in [-0.3, -0.25) is 38.6 Å². The lowest BCUT2D eigenvalue weighted by Gasteiger charge is -2.33. The van der Waals surface area contributed by atoms with Gasteiger partial charge in [0.2, 0.25) is 27.7 Å². The first kappa shape index (κ1) is 43.2. The molecule has 6 atom stereocenters. The van der Waals surface area contributed by atoms with Crippen molar-refractivity contribution >= 4 is 45.7 Å². The molecular weight excluding hydrogens is 824 g/mol. The molecule has 2 aromatic rings. The molecule has 1 aromatic heterocycles. The number of benzene rings is 1. The van der Waals surface area contributed by atoms with Crippen LogP contribution in [0.4, 0.5) is 9.18 Å². The molecule has 1 unspecified atom stereocenters. The Hall–Kier alpha value is -5.46. The standard InChI is InChI=1S/C43H53FN8O9S/c44-32-14-9-12-27-23-51(25-31(27)32)42(58)61-29-20-35-38(54)49-43(41(57)50-62(59,60)30-16-17-30)21-28(43)13-7-2-1-3-8-15-33(40(56)52(35)24-29)47-39(55)36(26-10-5-4-6-11-26)48-37(53)34-22-45-18-19-46-34/h7,9,12-14,18-19,22,26,28-30,33,35-36H,1-6,8,10-11,15-17,20-21,23-25H2,(H,47,55)(H,48,53)(H,49,54)(H,50,57)/b13-7+/t28-,29-,33+,35+,36?,43-/m1/s1. The smallest absolute Gasteiger partial charge is 0.410 e. The number of hydrogen-bond acceptors (Lipinski definition) is 11. The number of nitrogens with zero attached hydrogens (tertiary/aromatic N) is 4. The van der Waals surface area contributed by atoms with Gasteiger partial charge in [0, 0.05) is 36.8 Å². The number of carbonyl (C=O) groups excluding carboxylic acids is 6. The maximum Gasteiger partial charge on any atom is 0.410 e. The number of sulfonamides is 1. The van der Waals surface area contributed by atoms with E-state index in [0.29, 0.717) is 62.5 Å². The summed E-state index contributed by atoms with van der Waals surface area (Å²) in [6.45, 7) is -0.163. The molecule has 0 spiro atoms. The second-order valence-corrected chi connectivity index (χ2v) is 19.5. The minimum absolute atomic E-state index is 0.0277. The van der Waals surface area contributed by atoms with E-state index in [1.54, 1.807) is 12.1 Å². The first-order valence-corrected chi connectivity index (χ1v) is 23.3. The highest BCUT2D eigenvalue weighted by molar-refractivity contribution is 7.91. The molecule has 17 nitrogen and oxygen atoms in total. The SMILES string of the molecule is O=C(NC(C(=O)N[C@H]1CCCCC/C=C/[C@@H]2C[C@@]2(C(=O)NS(=O)(=O)C2CC2)NC(=O)[C@@H]2C[C@@H](OC(=O)N3Cc4cccc(F)c4C3)CN2C1=O)C1CCCCC1)c1cnccn1. The van der Waals surface area contributed by atoms with Crippen molar-refractivity contribution in [2.45, 2.75) is 138 Å². The second kappa shape index (κ2) is 18.1. The number of amides is 6. The molecule has 6 aliphatic rings. The van der Waals surface area contributed by atoms with Crippen LogP contribution < -0.4 is 20.7 Å². The Morgan fingerprint density at radius 2 is 1.74 bits per heavy atom. The number of allylic oxidation sites excluding steroid dienone is 1. The van der Waals surface area contributed by atoms with Crippen molar-refractivity contribution in [1.82, 2.24) is 40.4 Å². The van der Waals surface area contributed by atoms with Crippen LogP contribution in [0.1, 0.15) is 112 Å². The second-order valence-electron chi connectivity index (χ2n) is 17.5. The number of carbonyl (C=O) groups is 6. The van der Waals surface area contributed by atoms with Crippen LogP contribution >= 0.6 is 0 Å². The van der Waals surface area contributed by atoms with Gasteiger partial charge in [0.15, 0.2) is 0 Å². The molecule has 4 N–H and O–H groups in total. The third kappa shape index (κ3) is 9.46. The van der Waals surface area contributed by atoms with Crippen LogP contribution in [0.3, 0.4) is 0 Å². The van der Waals surface area contributed by atoms with Gasteiger partial charge in [-0.15, -0.1) is 0 Å². The summed E-state index contributed by atoms with van der Waals surface area (Å²) in [5.74, 6) is -4.56. The van der Waals surface area contributed by atoms with Crippen molar-refractivity contribution in [2.24, 2.45) is 11.8 Å². The molecular formula is C43H53FN8O9S. The normalized spacial score (nSPS) is 27.8. The molecule has 1 saturated heterocycles. The van der Waals surface area contributed by atoms with Crippen LogP contribution in [0.5, 0.6) is 0 Å². The third-order valence-electron chi connectivity index (χ3n) is 13.1. The summed E-state index contributed by atoms with van der Waals surface area (Å²) in [7, 11) is -3.97. The molecule has 19 heteroatoms. The molecule has 0 radical (unpaired) electrons. The molecule has 1 aromatic carbocycles. The Morgan fingerprint density at radius 1 is 0.968 bits per heavy atom. The maximum atomic E-state index is 14.9. The van der Waals surface area contributed by atoms with E-state index in [2.05, 4.69) is 30.6 Å². The molecule has 62 heavy (non-hydrogen) atoms. The van der Waals surface area contributed by atoms with Crippen molar-refractivity contribution in [3.8, 4) is 0 Å². The maximum absolute atomic E-state index is 14.9. The average molecular weight is 877 g/mol. The Kier molecular flexibility index (Phi) is 12.6. The minimum Gasteiger partial charge on any atom is -0.444 e. The van der Waals surface area contributed by atoms with E-state index < -0.39 is 92.4 Å². The van der Waals surface area contributed by atoms with Gasteiger partial charge in [-0.25, -0.2) is 22.6 Å². The largest absolute Gasteiger partial charge is 0.444 e. The Morgan fingerprint density at radius 3 is 2.48 bits per heavy atom. The molecule has 3 aliphatic heterocycles. The summed E-state index contributed by atoms with van der Waals surface area (Å²) >= 11 is 0. The molecule has 3 saturated carbocycles. The molecule has 4 fully saturated rings. The highest BCUT2D eigenvalue weighted by atomic mass is 32.2. The fourth-order valence-electron chi connectivity index (χ4n) is 9.33. The van der Waals surface area contributed by atoms with E-state index >= 15 is 0 Å². The number of halogens is 1. The zero-order chi connectivity index (χ0) is 43.6. The molecule has 332 valence electrons. The minimum atomic E-state index is -3.97. The number of rotatable bonds is 9. The van der Waals surface area contributed by atoms with E-state index in [0.717, 1.165) is 19.3 Å². The van der Waals surface area contributed by atoms with Crippen LogP contribution in [0, 0.1) is 17.7 Å². The van der Waals surface area contributed by atoms with E-state index in [-0.39, 0.29) is 50.5 Å². The van der Waals surface area contributed by atoms with Gasteiger partial charge in [-0.1, -0.05) is 56.4 Å². The first-order chi connectivity index (χ1) is 29.8. The van der Waals surface area contributed by atoms with Crippen LogP contribution in [-0.2, 0) is 47.0 Å². The van der Waals surface area contributed by atoms with Gasteiger partial charge in [-0.2, -0.15) is 0 Å². The van der Waals surface area contributed by atoms with E-state index in [4.69, 9.17) is 4.74 Å². The first-order valence-electron chi connectivity index (χ1n) is 21.8. The predicted molar refractivity (Wildman–Crippen MR) is 219 cm³/mol. The lowest BCUT2D eigenvalue weighted by molar-refractivity contribution is -0.143. The zero-order valence-corrected chi connectivity index (χ0v) is 35.2. The van der Waals surface area contributed by atoms with E-state index in [1.807, 2.05) is 12.2 Å². The van der Waals surface area contributed by atoms with Gasteiger partial charge in [0.25, 0.3) is 11.8 Å². The summed E-state index contributed by atoms with van der Waals surface area (Å²) in [6.07, 6.45) is 13.7. The van der Waals surface area contributed by atoms with Crippen LogP contribution in [0.25, 0.3) is 0 Å². The van der Waals surface area contributed by atoms with Gasteiger partial charge in [-0.05, 0) is 68.9 Å². The molecule has 4 heterocycles. The van der Waals surface area contributed by atoms with E-state index in [1.165, 1.54) is 34.5 Å². The summed E-state index contributed by atoms with van der Waals surface area (Å²) in [5, 5.41) is 7.92. The number of fused-ring (bicyclic) bond motifs is 3. The Labute approximate surface area is 359 Å². The number of nitrogens with one attached hydrogen (secondary N) is 4. The molecule has 8 rings (SSSR count). The van der Waals surface area contributed by atoms with Crippen molar-refractivity contribution in [1.29, 1.82) is 0 Å². The monoisotopic (exact) mass is 876 g/mol. The molecule has 6 amide bonds. The van der Waals surface area contributed by atoms with Crippen molar-refractivity contribution in [3.05, 3.63) is 71.6 Å². The topological polar surface area (TPSA) is 226 Å². The van der Waals surface area contributed by atoms with Gasteiger partial charge in [0.05, 0.1) is 24.5 Å². The van der Waals surface area contributed by atoms with Crippen LogP contribution in [0.15, 0.2) is 48.9 Å². The van der Waals surface area contributed by atoms with E-state index in [9.17, 15) is 41.6 Å². The Bertz CT molecular complexity index is 2220. The highest BCUT2D eigenvalue weighted by Gasteiger charge is 2.62. The van der Waals surface area contributed by atoms with Crippen molar-refractivity contribution in [3.63, 3.8) is 0 Å². The average Bonchev–Trinajstić information content (AvgIpc) is 4.15. The van der Waals surface area contributed by atoms with Gasteiger partial charge >= 0.3 is 6.09 Å². The zero-order valence-electron chi connectivity index (χ0n) is 34.4. The fraction of sp³-hybridized carbons (Fsp3) is 0.581. The lowest BCUT2D eigenvalue weighted by Crippen LogP contribution is -2.60. The molecule has 3 aliphatic carbocycles. The summed E-state index contributed by atoms with van der Waals surface area (Å²) < 4.78 is 48.5. The summed E-state index contributed by atoms with van der Waals surface area (Å²) in [6, 6.07) is 1.14. The number of ether oxygens (including phenoxy) is 1. The van der Waals surface area contributed by atoms with Gasteiger partial charge < -0.3 is 25.6 Å². The van der Waals surface area contributed by atoms with Crippen molar-refractivity contribution < 1.29 is 46.3 Å². The lowest BCUT2D eigenvalue weighted by atomic mass is 9.83. The third-order valence-corrected chi connectivity index (χ3v) is 14.9. The summed E-state index contributed by atoms with van der Waals surface area (Å²) in [4.78, 5) is 95.2. The molecule has 0 bridgehead atoms. The predicted octanol–water partition coefficient (Wildman–Crippen LogP) is 2.90. The quantitative estimate of drug-likeness (QED) is 0.268. The number of hydrogen-bond donors (Lipinski definition) is 4. The van der Waals surface area contributed by atoms with Crippen LogP contribution in [-0.4, -0.2) is 105 Å². The highest BCUT2D eigenvalue weighted by Crippen LogP contribution is 2.46. The van der Waals surface area contributed by atoms with Crippen LogP contribution in [0.2, 0.25) is 0 Å². The number of aromatic nitrogens is 2. The summed E-state index contributed by atoms with van der Waals surface area (Å²) in [5.41, 5.74) is -0.568. The Balaban J connectivity index is 1.06. The van der Waals surface area contributed by atoms with Crippen molar-refractivity contribution in [2.75, 3.05) is 6.54 Å². The fourth-order valence-corrected chi connectivity index (χ4v) is 10.7.